The van der Waals surface area contributed by atoms with Gasteiger partial charge in [0, 0.05) is 12.4 Å². The fourth-order valence-corrected chi connectivity index (χ4v) is 15.6. The number of para-hydroxylation sites is 1. The third-order valence-electron chi connectivity index (χ3n) is 24.2. The Labute approximate surface area is 853 Å². The van der Waals surface area contributed by atoms with Crippen LogP contribution in [0.2, 0.25) is 0 Å². The van der Waals surface area contributed by atoms with Crippen molar-refractivity contribution in [1.29, 1.82) is 0 Å². The van der Waals surface area contributed by atoms with E-state index in [0.717, 1.165) is 71.1 Å². The summed E-state index contributed by atoms with van der Waals surface area (Å²) in [6.45, 7) is 90.2. The zero-order valence-corrected chi connectivity index (χ0v) is 95.9. The SMILES string of the molecule is CC(C)CCc1ccc(C(C)C)cc1.CC(C)CCc1ccccc1C(C)C.CC(C)COc1ccccc1C(C)C.CC(C)Cc1ccc(C(C)C)cc1.CC(C)Cc1ccc(CC(C)C)cc1.CC(C)Cc1cccc(C(C)C)c1.CC(C)Cc1cccc(CC(C)C)c1.CC(C)c1ccc(-c2ccc(C(C)C)cc2)cc1.CC(C)c1ccc(C(C)C)cc1.CC(C)c1cnc(C(C)C)cn1. The van der Waals surface area contributed by atoms with Gasteiger partial charge in [-0.15, -0.1) is 0 Å². The van der Waals surface area contributed by atoms with Crippen molar-refractivity contribution in [3.8, 4) is 16.9 Å². The second-order valence-corrected chi connectivity index (χ2v) is 46.2. The van der Waals surface area contributed by atoms with Gasteiger partial charge in [-0.1, -0.05) is 514 Å². The summed E-state index contributed by atoms with van der Waals surface area (Å²) in [7, 11) is 0. The summed E-state index contributed by atoms with van der Waals surface area (Å²) >= 11 is 0. The van der Waals surface area contributed by atoms with E-state index >= 15 is 0 Å². The maximum atomic E-state index is 5.76. The molecule has 0 amide bonds. The first kappa shape index (κ1) is 125. The summed E-state index contributed by atoms with van der Waals surface area (Å²) in [5.41, 5.74) is 29.4. The minimum atomic E-state index is 0.471. The lowest BCUT2D eigenvalue weighted by molar-refractivity contribution is 0.268. The maximum Gasteiger partial charge on any atom is 0.122 e. The standard InChI is InChI=1S/C18H22.4C14H22.C13H20O.2C13H20.C12H18.C10H16N2/c1-13(2)15-5-9-17(10-6-15)18-11-7-16(8-12-18)14(3)4;1-11(2)9-13-5-7-14(8-6-13)10-12(3)4;1-11(2)5-6-13-7-9-14(10-8-13)12(3)4;1-11(2)8-13-6-5-7-14(10-13)9-12(3)4;1-11(2)9-10-13-7-5-6-8-14(13)12(3)4;1-10(2)9-14-13-8-6-5-7-12(13)11(3)4;1-10(2)9-12-5-7-13(8-6-12)11(3)4;1-10(2)8-12-6-5-7-13(9-12)11(3)4;1-9(2)11-5-7-12(8-6-11)10(3)4;1-7(2)9-5-12-10(6-11-9)8(3)4/h5-14H,1-4H3;5-8,11-12H,9-10H2,1-4H3;7-12H,5-6H2,1-4H3;5-7,10-12H,8-9H2,1-4H3;5-8,11-12H,9-10H2,1-4H3;5-8,10-11H,9H2,1-4H3;5-8,10-11H,9H2,1-4H3;5-7,9-11H,8H2,1-4H3;5-10H,1-4H3;5-8H,1-4H3. The highest BCUT2D eigenvalue weighted by atomic mass is 16.5. The van der Waals surface area contributed by atoms with Crippen LogP contribution in [0.15, 0.2) is 255 Å². The van der Waals surface area contributed by atoms with E-state index < -0.39 is 0 Å². The van der Waals surface area contributed by atoms with Crippen molar-refractivity contribution in [2.45, 2.75) is 406 Å². The van der Waals surface area contributed by atoms with Gasteiger partial charge in [-0.25, -0.2) is 0 Å². The van der Waals surface area contributed by atoms with E-state index in [1.54, 1.807) is 0 Å². The first-order valence-electron chi connectivity index (χ1n) is 54.3. The smallest absolute Gasteiger partial charge is 0.122 e. The molecule has 1 aromatic heterocycles. The second-order valence-electron chi connectivity index (χ2n) is 46.2. The van der Waals surface area contributed by atoms with Crippen LogP contribution in [-0.4, -0.2) is 16.6 Å². The van der Waals surface area contributed by atoms with Crippen molar-refractivity contribution in [2.24, 2.45) is 53.3 Å². The van der Waals surface area contributed by atoms with Crippen molar-refractivity contribution >= 4 is 0 Å². The second kappa shape index (κ2) is 69.0. The number of aromatic nitrogens is 2. The molecule has 0 aliphatic rings. The molecule has 760 valence electrons. The van der Waals surface area contributed by atoms with E-state index in [0.29, 0.717) is 71.0 Å². The first-order valence-corrected chi connectivity index (χ1v) is 54.3. The Morgan fingerprint density at radius 1 is 0.196 bits per heavy atom. The molecule has 11 aromatic rings. The van der Waals surface area contributed by atoms with Crippen LogP contribution in [-0.2, 0) is 51.4 Å². The van der Waals surface area contributed by atoms with Crippen molar-refractivity contribution in [3.05, 3.63) is 361 Å². The van der Waals surface area contributed by atoms with Crippen molar-refractivity contribution in [1.82, 2.24) is 9.97 Å². The molecule has 0 aliphatic carbocycles. The van der Waals surface area contributed by atoms with Crippen LogP contribution < -0.4 is 4.74 Å². The van der Waals surface area contributed by atoms with Gasteiger partial charge < -0.3 is 4.74 Å². The molecule has 0 saturated heterocycles. The largest absolute Gasteiger partial charge is 0.493 e. The zero-order valence-electron chi connectivity index (χ0n) is 95.9. The van der Waals surface area contributed by atoms with Crippen molar-refractivity contribution in [3.63, 3.8) is 0 Å². The molecule has 0 spiro atoms. The highest BCUT2D eigenvalue weighted by Crippen LogP contribution is 2.30. The van der Waals surface area contributed by atoms with E-state index in [1.165, 1.54) is 170 Å². The van der Waals surface area contributed by atoms with Crippen LogP contribution in [0, 0.1) is 53.3 Å². The topological polar surface area (TPSA) is 35.0 Å². The van der Waals surface area contributed by atoms with Crippen LogP contribution in [0.5, 0.6) is 5.75 Å². The van der Waals surface area contributed by atoms with E-state index in [-0.39, 0.29) is 0 Å². The molecule has 10 aromatic carbocycles. The monoisotopic (exact) mass is 1870 g/mol. The lowest BCUT2D eigenvalue weighted by Crippen LogP contribution is -2.06. The van der Waals surface area contributed by atoms with Gasteiger partial charge >= 0.3 is 0 Å². The Balaban J connectivity index is 0.000000520. The van der Waals surface area contributed by atoms with E-state index in [1.807, 2.05) is 18.5 Å². The Bertz CT molecular complexity index is 4570. The summed E-state index contributed by atoms with van der Waals surface area (Å²) in [5, 5.41) is 0. The molecule has 0 bridgehead atoms. The highest BCUT2D eigenvalue weighted by molar-refractivity contribution is 5.64. The molecule has 0 saturated carbocycles. The number of aryl methyl sites for hydroxylation is 2. The van der Waals surface area contributed by atoms with Crippen LogP contribution in [0.4, 0.5) is 0 Å². The van der Waals surface area contributed by atoms with Crippen LogP contribution >= 0.6 is 0 Å². The Hall–Kier alpha value is -8.92. The molecule has 138 heavy (non-hydrogen) atoms. The molecule has 0 atom stereocenters. The fourth-order valence-electron chi connectivity index (χ4n) is 15.6. The molecule has 3 heteroatoms. The number of benzene rings is 10. The van der Waals surface area contributed by atoms with Gasteiger partial charge in [0.1, 0.15) is 5.75 Å². The number of hydrogen-bond donors (Lipinski definition) is 0. The summed E-state index contributed by atoms with van der Waals surface area (Å²) < 4.78 is 5.76. The molecule has 1 heterocycles. The van der Waals surface area contributed by atoms with Gasteiger partial charge in [-0.3, -0.25) is 9.97 Å². The molecule has 0 aliphatic heterocycles. The Morgan fingerprint density at radius 3 is 0.761 bits per heavy atom. The van der Waals surface area contributed by atoms with Crippen molar-refractivity contribution in [2.75, 3.05) is 6.61 Å². The lowest BCUT2D eigenvalue weighted by Gasteiger charge is -2.14. The minimum absolute atomic E-state index is 0.471. The number of nitrogens with zero attached hydrogens (tertiary/aromatic N) is 2. The van der Waals surface area contributed by atoms with Gasteiger partial charge in [0.25, 0.3) is 0 Å². The number of hydrogen-bond acceptors (Lipinski definition) is 3. The lowest BCUT2D eigenvalue weighted by atomic mass is 9.93. The molecular formula is C135H204N2O. The Morgan fingerprint density at radius 2 is 0.464 bits per heavy atom. The van der Waals surface area contributed by atoms with E-state index in [2.05, 4.69) is 524 Å². The molecule has 0 fully saturated rings. The summed E-state index contributed by atoms with van der Waals surface area (Å²) in [6.07, 6.45) is 16.0. The van der Waals surface area contributed by atoms with Crippen LogP contribution in [0.1, 0.15) is 461 Å². The van der Waals surface area contributed by atoms with Gasteiger partial charge in [0.15, 0.2) is 0 Å². The highest BCUT2D eigenvalue weighted by Gasteiger charge is 2.13. The fraction of sp³-hybridized carbons (Fsp3) is 0.526. The average Bonchev–Trinajstić information content (AvgIpc) is 0.837. The summed E-state index contributed by atoms with van der Waals surface area (Å²) in [4.78, 5) is 8.67. The van der Waals surface area contributed by atoms with Gasteiger partial charge in [0.05, 0.1) is 18.0 Å². The van der Waals surface area contributed by atoms with Gasteiger partial charge in [-0.05, 0) is 294 Å². The molecule has 0 N–H and O–H groups in total. The molecule has 3 nitrogen and oxygen atoms in total. The zero-order chi connectivity index (χ0) is 104. The first-order chi connectivity index (χ1) is 64.9. The Kier molecular flexibility index (Phi) is 62.6. The van der Waals surface area contributed by atoms with Gasteiger partial charge in [0.2, 0.25) is 0 Å². The summed E-state index contributed by atoms with van der Waals surface area (Å²) in [5.74, 6) is 14.3. The normalized spacial score (nSPS) is 11.2. The van der Waals surface area contributed by atoms with Crippen molar-refractivity contribution < 1.29 is 4.74 Å². The van der Waals surface area contributed by atoms with E-state index in [9.17, 15) is 0 Å². The van der Waals surface area contributed by atoms with Gasteiger partial charge in [-0.2, -0.15) is 0 Å². The molecular weight excluding hydrogens is 1670 g/mol. The van der Waals surface area contributed by atoms with Crippen LogP contribution in [0.3, 0.4) is 0 Å². The predicted molar refractivity (Wildman–Crippen MR) is 618 cm³/mol. The predicted octanol–water partition coefficient (Wildman–Crippen LogP) is 41.1. The average molecular weight is 1870 g/mol. The molecule has 0 radical (unpaired) electrons. The third kappa shape index (κ3) is 55.9. The third-order valence-corrected chi connectivity index (χ3v) is 24.2. The summed E-state index contributed by atoms with van der Waals surface area (Å²) in [6, 6.07) is 89.1. The molecule has 0 unspecified atom stereocenters. The van der Waals surface area contributed by atoms with E-state index in [4.69, 9.17) is 4.74 Å². The van der Waals surface area contributed by atoms with Crippen LogP contribution in [0.25, 0.3) is 11.1 Å². The molecule has 11 rings (SSSR count). The number of rotatable bonds is 33. The quantitative estimate of drug-likeness (QED) is 0.0411. The minimum Gasteiger partial charge on any atom is -0.493 e. The maximum absolute atomic E-state index is 5.76. The number of ether oxygens (including phenoxy) is 1.